The molecular weight excluding hydrogens is 378 g/mol. The lowest BCUT2D eigenvalue weighted by Crippen LogP contribution is -2.00. The molecule has 0 amide bonds. The van der Waals surface area contributed by atoms with Crippen molar-refractivity contribution in [1.82, 2.24) is 4.98 Å². The van der Waals surface area contributed by atoms with Crippen molar-refractivity contribution < 1.29 is 4.74 Å². The van der Waals surface area contributed by atoms with Crippen LogP contribution in [0.3, 0.4) is 0 Å². The summed E-state index contributed by atoms with van der Waals surface area (Å²) >= 11 is 0. The van der Waals surface area contributed by atoms with Crippen LogP contribution in [0.4, 0.5) is 0 Å². The Morgan fingerprint density at radius 3 is 2.39 bits per heavy atom. The van der Waals surface area contributed by atoms with Gasteiger partial charge in [0, 0.05) is 11.8 Å². The normalized spacial score (nSPS) is 12.1. The van der Waals surface area contributed by atoms with Crippen LogP contribution in [0, 0.1) is 5.92 Å². The number of rotatable bonds is 17. The highest BCUT2D eigenvalue weighted by molar-refractivity contribution is 5.67. The van der Waals surface area contributed by atoms with E-state index in [1.807, 2.05) is 6.20 Å². The lowest BCUT2D eigenvalue weighted by Gasteiger charge is -2.12. The van der Waals surface area contributed by atoms with Gasteiger partial charge in [0.05, 0.1) is 12.3 Å². The van der Waals surface area contributed by atoms with Crippen molar-refractivity contribution in [2.24, 2.45) is 5.92 Å². The molecule has 0 saturated heterocycles. The number of hydrogen-bond acceptors (Lipinski definition) is 2. The maximum atomic E-state index is 6.17. The predicted molar refractivity (Wildman–Crippen MR) is 135 cm³/mol. The van der Waals surface area contributed by atoms with E-state index in [-0.39, 0.29) is 0 Å². The Balaban J connectivity index is 1.81. The molecule has 0 aliphatic heterocycles. The van der Waals surface area contributed by atoms with E-state index in [9.17, 15) is 0 Å². The highest BCUT2D eigenvalue weighted by Gasteiger charge is 2.08. The molecule has 2 nitrogen and oxygen atoms in total. The molecular formula is C29H45NO. The number of nitrogens with zero attached hydrogens (tertiary/aromatic N) is 1. The van der Waals surface area contributed by atoms with Crippen molar-refractivity contribution in [1.29, 1.82) is 0 Å². The largest absolute Gasteiger partial charge is 0.493 e. The first-order chi connectivity index (χ1) is 15.2. The van der Waals surface area contributed by atoms with Crippen molar-refractivity contribution in [3.63, 3.8) is 0 Å². The second-order valence-electron chi connectivity index (χ2n) is 9.13. The zero-order valence-electron chi connectivity index (χ0n) is 20.4. The Labute approximate surface area is 191 Å². The summed E-state index contributed by atoms with van der Waals surface area (Å²) in [7, 11) is 0. The van der Waals surface area contributed by atoms with Gasteiger partial charge in [-0.05, 0) is 55.0 Å². The van der Waals surface area contributed by atoms with E-state index in [0.29, 0.717) is 0 Å². The zero-order chi connectivity index (χ0) is 22.2. The third kappa shape index (κ3) is 10.4. The van der Waals surface area contributed by atoms with E-state index in [0.717, 1.165) is 42.4 Å². The molecule has 1 unspecified atom stereocenters. The molecule has 31 heavy (non-hydrogen) atoms. The van der Waals surface area contributed by atoms with Crippen molar-refractivity contribution in [2.45, 2.75) is 104 Å². The molecule has 1 atom stereocenters. The molecule has 0 bridgehead atoms. The van der Waals surface area contributed by atoms with Crippen LogP contribution in [0.15, 0.2) is 42.6 Å². The molecule has 1 aromatic heterocycles. The van der Waals surface area contributed by atoms with Gasteiger partial charge in [-0.2, -0.15) is 0 Å². The summed E-state index contributed by atoms with van der Waals surface area (Å²) in [6, 6.07) is 12.8. The summed E-state index contributed by atoms with van der Waals surface area (Å²) in [5.74, 6) is 1.81. The summed E-state index contributed by atoms with van der Waals surface area (Å²) in [5.41, 5.74) is 3.54. The minimum atomic E-state index is 0.787. The Kier molecular flexibility index (Phi) is 13.0. The van der Waals surface area contributed by atoms with E-state index in [1.165, 1.54) is 76.2 Å². The topological polar surface area (TPSA) is 22.1 Å². The Morgan fingerprint density at radius 1 is 0.839 bits per heavy atom. The van der Waals surface area contributed by atoms with Crippen molar-refractivity contribution in [2.75, 3.05) is 6.61 Å². The number of aryl methyl sites for hydroxylation is 1. The first kappa shape index (κ1) is 25.4. The van der Waals surface area contributed by atoms with E-state index in [2.05, 4.69) is 62.2 Å². The number of hydrogen-bond donors (Lipinski definition) is 0. The van der Waals surface area contributed by atoms with Crippen LogP contribution < -0.4 is 4.74 Å². The Morgan fingerprint density at radius 2 is 1.58 bits per heavy atom. The van der Waals surface area contributed by atoms with Crippen molar-refractivity contribution >= 4 is 0 Å². The average molecular weight is 424 g/mol. The number of benzene rings is 1. The SMILES string of the molecule is CCCCCCCCCc1ccnc(-c2ccccc2OCCCCCC(C)CC)c1. The number of unbranched alkanes of at least 4 members (excludes halogenated alkanes) is 8. The smallest absolute Gasteiger partial charge is 0.128 e. The van der Waals surface area contributed by atoms with E-state index >= 15 is 0 Å². The Bertz CT molecular complexity index is 711. The van der Waals surface area contributed by atoms with Crippen LogP contribution in [0.2, 0.25) is 0 Å². The molecule has 0 radical (unpaired) electrons. The van der Waals surface area contributed by atoms with Gasteiger partial charge in [-0.25, -0.2) is 0 Å². The highest BCUT2D eigenvalue weighted by Crippen LogP contribution is 2.29. The lowest BCUT2D eigenvalue weighted by atomic mass is 10.0. The minimum absolute atomic E-state index is 0.787. The standard InChI is InChI=1S/C29H45NO/c1-4-6-7-8-9-10-13-18-26-21-22-30-28(24-26)27-19-14-15-20-29(27)31-23-16-11-12-17-25(3)5-2/h14-15,19-22,24-25H,4-13,16-18,23H2,1-3H3. The average Bonchev–Trinajstić information content (AvgIpc) is 2.81. The van der Waals surface area contributed by atoms with Gasteiger partial charge >= 0.3 is 0 Å². The summed E-state index contributed by atoms with van der Waals surface area (Å²) < 4.78 is 6.17. The summed E-state index contributed by atoms with van der Waals surface area (Å²) in [6.45, 7) is 7.69. The number of aromatic nitrogens is 1. The molecule has 1 heterocycles. The summed E-state index contributed by atoms with van der Waals surface area (Å²) in [5, 5.41) is 0. The summed E-state index contributed by atoms with van der Waals surface area (Å²) in [6.07, 6.45) is 18.8. The first-order valence-corrected chi connectivity index (χ1v) is 12.9. The van der Waals surface area contributed by atoms with Gasteiger partial charge in [0.15, 0.2) is 0 Å². The molecule has 0 spiro atoms. The minimum Gasteiger partial charge on any atom is -0.493 e. The van der Waals surface area contributed by atoms with Crippen LogP contribution in [0.5, 0.6) is 5.75 Å². The fraction of sp³-hybridized carbons (Fsp3) is 0.621. The molecule has 172 valence electrons. The maximum absolute atomic E-state index is 6.17. The lowest BCUT2D eigenvalue weighted by molar-refractivity contribution is 0.303. The van der Waals surface area contributed by atoms with Gasteiger partial charge in [-0.1, -0.05) is 97.1 Å². The van der Waals surface area contributed by atoms with Crippen LogP contribution in [0.1, 0.15) is 103 Å². The van der Waals surface area contributed by atoms with E-state index < -0.39 is 0 Å². The monoisotopic (exact) mass is 423 g/mol. The van der Waals surface area contributed by atoms with Crippen LogP contribution in [-0.2, 0) is 6.42 Å². The molecule has 2 aromatic rings. The zero-order valence-corrected chi connectivity index (χ0v) is 20.4. The van der Waals surface area contributed by atoms with Gasteiger partial charge in [0.1, 0.15) is 5.75 Å². The Hall–Kier alpha value is -1.83. The third-order valence-corrected chi connectivity index (χ3v) is 6.35. The molecule has 0 N–H and O–H groups in total. The van der Waals surface area contributed by atoms with E-state index in [4.69, 9.17) is 4.74 Å². The second kappa shape index (κ2) is 15.9. The first-order valence-electron chi connectivity index (χ1n) is 12.9. The molecule has 0 aliphatic rings. The van der Waals surface area contributed by atoms with Crippen molar-refractivity contribution in [3.8, 4) is 17.0 Å². The number of pyridine rings is 1. The second-order valence-corrected chi connectivity index (χ2v) is 9.13. The van der Waals surface area contributed by atoms with E-state index in [1.54, 1.807) is 0 Å². The third-order valence-electron chi connectivity index (χ3n) is 6.35. The van der Waals surface area contributed by atoms with Crippen LogP contribution >= 0.6 is 0 Å². The van der Waals surface area contributed by atoms with Gasteiger partial charge in [0.25, 0.3) is 0 Å². The number of ether oxygens (including phenoxy) is 1. The van der Waals surface area contributed by atoms with Gasteiger partial charge < -0.3 is 4.74 Å². The molecule has 0 fully saturated rings. The molecule has 2 rings (SSSR count). The van der Waals surface area contributed by atoms with Gasteiger partial charge in [-0.15, -0.1) is 0 Å². The fourth-order valence-electron chi connectivity index (χ4n) is 4.03. The van der Waals surface area contributed by atoms with Crippen LogP contribution in [-0.4, -0.2) is 11.6 Å². The van der Waals surface area contributed by atoms with Crippen LogP contribution in [0.25, 0.3) is 11.3 Å². The molecule has 1 aromatic carbocycles. The summed E-state index contributed by atoms with van der Waals surface area (Å²) in [4.78, 5) is 4.65. The predicted octanol–water partition coefficient (Wildman–Crippen LogP) is 9.03. The maximum Gasteiger partial charge on any atom is 0.128 e. The van der Waals surface area contributed by atoms with Crippen molar-refractivity contribution in [3.05, 3.63) is 48.2 Å². The molecule has 0 aliphatic carbocycles. The number of para-hydroxylation sites is 1. The molecule has 0 saturated carbocycles. The fourth-order valence-corrected chi connectivity index (χ4v) is 4.03. The van der Waals surface area contributed by atoms with Gasteiger partial charge in [-0.3, -0.25) is 4.98 Å². The molecule has 2 heteroatoms. The highest BCUT2D eigenvalue weighted by atomic mass is 16.5. The quantitative estimate of drug-likeness (QED) is 0.237. The van der Waals surface area contributed by atoms with Gasteiger partial charge in [0.2, 0.25) is 0 Å².